The Morgan fingerprint density at radius 1 is 1.31 bits per heavy atom. The lowest BCUT2D eigenvalue weighted by molar-refractivity contribution is 0.881. The van der Waals surface area contributed by atoms with E-state index in [1.54, 1.807) is 6.42 Å². The normalized spacial score (nSPS) is 36.9. The number of hydrogen-bond acceptors (Lipinski definition) is 2. The summed E-state index contributed by atoms with van der Waals surface area (Å²) in [6, 6.07) is 0. The molecule has 2 aliphatic carbocycles. The highest BCUT2D eigenvalue weighted by molar-refractivity contribution is 8.03. The molecule has 13 heavy (non-hydrogen) atoms. The van der Waals surface area contributed by atoms with Crippen LogP contribution in [0.15, 0.2) is 0 Å². The maximum Gasteiger partial charge on any atom is 0.0138 e. The third-order valence-electron chi connectivity index (χ3n) is 3.05. The first-order valence-corrected chi connectivity index (χ1v) is 7.69. The van der Waals surface area contributed by atoms with Gasteiger partial charge in [-0.15, -0.1) is 0 Å². The van der Waals surface area contributed by atoms with Gasteiger partial charge in [-0.25, -0.2) is 0 Å². The van der Waals surface area contributed by atoms with E-state index in [4.69, 9.17) is 0 Å². The van der Waals surface area contributed by atoms with E-state index in [1.165, 1.54) is 36.2 Å². The molecular formula is C11H20S2. The van der Waals surface area contributed by atoms with Crippen molar-refractivity contribution < 1.29 is 0 Å². The number of thioether (sulfide) groups is 2. The van der Waals surface area contributed by atoms with E-state index in [9.17, 15) is 0 Å². The minimum Gasteiger partial charge on any atom is -0.161 e. The molecular weight excluding hydrogens is 196 g/mol. The van der Waals surface area contributed by atoms with Gasteiger partial charge in [-0.2, -0.15) is 23.5 Å². The van der Waals surface area contributed by atoms with Crippen LogP contribution in [-0.2, 0) is 0 Å². The van der Waals surface area contributed by atoms with E-state index < -0.39 is 0 Å². The van der Waals surface area contributed by atoms with Crippen molar-refractivity contribution in [2.75, 3.05) is 11.5 Å². The van der Waals surface area contributed by atoms with E-state index >= 15 is 0 Å². The van der Waals surface area contributed by atoms with E-state index in [1.807, 2.05) is 0 Å². The summed E-state index contributed by atoms with van der Waals surface area (Å²) in [7, 11) is 0. The van der Waals surface area contributed by atoms with Crippen molar-refractivity contribution in [2.24, 2.45) is 11.8 Å². The maximum atomic E-state index is 2.35. The van der Waals surface area contributed by atoms with Crippen molar-refractivity contribution in [3.8, 4) is 0 Å². The van der Waals surface area contributed by atoms with E-state index in [0.29, 0.717) is 0 Å². The van der Waals surface area contributed by atoms with E-state index in [-0.39, 0.29) is 0 Å². The smallest absolute Gasteiger partial charge is 0.0138 e. The fourth-order valence-corrected chi connectivity index (χ4v) is 4.89. The zero-order chi connectivity index (χ0) is 9.26. The number of hydrogen-bond donors (Lipinski definition) is 0. The average molecular weight is 216 g/mol. The second-order valence-corrected chi connectivity index (χ2v) is 6.90. The van der Waals surface area contributed by atoms with Crippen LogP contribution in [0.3, 0.4) is 0 Å². The molecule has 3 unspecified atom stereocenters. The molecule has 0 spiro atoms. The molecule has 2 fully saturated rings. The predicted molar refractivity (Wildman–Crippen MR) is 64.7 cm³/mol. The third kappa shape index (κ3) is 2.59. The quantitative estimate of drug-likeness (QED) is 0.596. The Balaban J connectivity index is 1.56. The molecule has 76 valence electrons. The molecule has 2 saturated carbocycles. The Morgan fingerprint density at radius 2 is 2.08 bits per heavy atom. The van der Waals surface area contributed by atoms with Gasteiger partial charge >= 0.3 is 0 Å². The number of fused-ring (bicyclic) bond motifs is 1. The molecule has 0 saturated heterocycles. The third-order valence-corrected chi connectivity index (χ3v) is 6.50. The van der Waals surface area contributed by atoms with E-state index in [2.05, 4.69) is 37.4 Å². The molecule has 2 heteroatoms. The molecule has 0 aromatic heterocycles. The predicted octanol–water partition coefficient (Wildman–Crippen LogP) is 3.66. The van der Waals surface area contributed by atoms with E-state index in [0.717, 1.165) is 10.5 Å². The first-order chi connectivity index (χ1) is 6.36. The summed E-state index contributed by atoms with van der Waals surface area (Å²) in [5, 5.41) is 2.06. The molecule has 0 nitrogen and oxygen atoms in total. The summed E-state index contributed by atoms with van der Waals surface area (Å²) in [6.45, 7) is 4.62. The lowest BCUT2D eigenvalue weighted by atomic mass is 10.4. The van der Waals surface area contributed by atoms with Gasteiger partial charge < -0.3 is 0 Å². The summed E-state index contributed by atoms with van der Waals surface area (Å²) in [5.74, 6) is 5.10. The molecule has 3 atom stereocenters. The van der Waals surface area contributed by atoms with Crippen molar-refractivity contribution >= 4 is 23.5 Å². The Morgan fingerprint density at radius 3 is 2.54 bits per heavy atom. The zero-order valence-electron chi connectivity index (χ0n) is 8.66. The summed E-state index contributed by atoms with van der Waals surface area (Å²) >= 11 is 4.45. The average Bonchev–Trinajstić information content (AvgIpc) is 2.99. The van der Waals surface area contributed by atoms with Crippen LogP contribution in [0.4, 0.5) is 0 Å². The maximum absolute atomic E-state index is 2.35. The van der Waals surface area contributed by atoms with Gasteiger partial charge in [-0.1, -0.05) is 13.8 Å². The fraction of sp³-hybridized carbons (Fsp3) is 1.00. The second kappa shape index (κ2) is 4.48. The molecule has 0 radical (unpaired) electrons. The van der Waals surface area contributed by atoms with Gasteiger partial charge in [0, 0.05) is 16.3 Å². The topological polar surface area (TPSA) is 0 Å². The summed E-state index contributed by atoms with van der Waals surface area (Å²) in [4.78, 5) is 0. The van der Waals surface area contributed by atoms with Gasteiger partial charge in [0.25, 0.3) is 0 Å². The van der Waals surface area contributed by atoms with Gasteiger partial charge in [0.1, 0.15) is 0 Å². The van der Waals surface area contributed by atoms with Crippen LogP contribution in [-0.4, -0.2) is 22.0 Å². The van der Waals surface area contributed by atoms with Gasteiger partial charge in [-0.3, -0.25) is 0 Å². The Bertz CT molecular complexity index is 161. The van der Waals surface area contributed by atoms with Crippen LogP contribution in [0, 0.1) is 11.8 Å². The van der Waals surface area contributed by atoms with Crippen LogP contribution in [0.25, 0.3) is 0 Å². The largest absolute Gasteiger partial charge is 0.161 e. The number of rotatable bonds is 7. The molecule has 2 aliphatic rings. The Labute approximate surface area is 90.6 Å². The van der Waals surface area contributed by atoms with Crippen LogP contribution in [0.2, 0.25) is 0 Å². The van der Waals surface area contributed by atoms with Crippen molar-refractivity contribution in [3.05, 3.63) is 0 Å². The standard InChI is InChI=1S/C11H20S2/c1-3-5-12-7-8(4-2)13-11-9-6-10(9)11/h8-11H,3-7H2,1-2H3. The van der Waals surface area contributed by atoms with Gasteiger partial charge in [0.2, 0.25) is 0 Å². The Hall–Kier alpha value is 0.700. The molecule has 0 bridgehead atoms. The first-order valence-electron chi connectivity index (χ1n) is 5.60. The second-order valence-electron chi connectivity index (χ2n) is 4.27. The van der Waals surface area contributed by atoms with Gasteiger partial charge in [0.15, 0.2) is 0 Å². The summed E-state index contributed by atoms with van der Waals surface area (Å²) in [6.07, 6.45) is 4.27. The molecule has 0 aliphatic heterocycles. The SMILES string of the molecule is CCCSCC(CC)SC1C2CC21. The highest BCUT2D eigenvalue weighted by Gasteiger charge is 2.64. The van der Waals surface area contributed by atoms with Crippen LogP contribution >= 0.6 is 23.5 Å². The van der Waals surface area contributed by atoms with Crippen molar-refractivity contribution in [1.82, 2.24) is 0 Å². The molecule has 0 aromatic rings. The highest BCUT2D eigenvalue weighted by Crippen LogP contribution is 2.69. The van der Waals surface area contributed by atoms with Gasteiger partial charge in [0.05, 0.1) is 0 Å². The van der Waals surface area contributed by atoms with Crippen LogP contribution in [0.5, 0.6) is 0 Å². The van der Waals surface area contributed by atoms with Crippen LogP contribution in [0.1, 0.15) is 33.1 Å². The van der Waals surface area contributed by atoms with Gasteiger partial charge in [-0.05, 0) is 36.9 Å². The van der Waals surface area contributed by atoms with Crippen molar-refractivity contribution in [1.29, 1.82) is 0 Å². The molecule has 0 aromatic carbocycles. The van der Waals surface area contributed by atoms with Crippen LogP contribution < -0.4 is 0 Å². The van der Waals surface area contributed by atoms with Crippen molar-refractivity contribution in [2.45, 2.75) is 43.6 Å². The lowest BCUT2D eigenvalue weighted by Gasteiger charge is -2.15. The summed E-state index contributed by atoms with van der Waals surface area (Å²) in [5.41, 5.74) is 0. The molecule has 2 rings (SSSR count). The fourth-order valence-electron chi connectivity index (χ4n) is 1.75. The first kappa shape index (κ1) is 10.2. The molecule has 0 N–H and O–H groups in total. The highest BCUT2D eigenvalue weighted by atomic mass is 32.2. The monoisotopic (exact) mass is 216 g/mol. The summed E-state index contributed by atoms with van der Waals surface area (Å²) < 4.78 is 0. The zero-order valence-corrected chi connectivity index (χ0v) is 10.3. The minimum atomic E-state index is 0.953. The Kier molecular flexibility index (Phi) is 3.52. The minimum absolute atomic E-state index is 0.953. The van der Waals surface area contributed by atoms with Crippen molar-refractivity contribution in [3.63, 3.8) is 0 Å². The lowest BCUT2D eigenvalue weighted by Crippen LogP contribution is -2.08. The molecule has 0 amide bonds. The molecule has 0 heterocycles.